The fraction of sp³-hybridized carbons (Fsp3) is 0.556. The van der Waals surface area contributed by atoms with Crippen LogP contribution in [0.3, 0.4) is 0 Å². The number of fused-ring (bicyclic) bond motifs is 1. The van der Waals surface area contributed by atoms with E-state index in [2.05, 4.69) is 4.98 Å². The molecule has 1 heterocycles. The lowest BCUT2D eigenvalue weighted by Crippen LogP contribution is -2.25. The van der Waals surface area contributed by atoms with E-state index in [1.807, 2.05) is 0 Å². The van der Waals surface area contributed by atoms with Crippen molar-refractivity contribution in [1.29, 1.82) is 0 Å². The normalized spacial score (nSPS) is 26.4. The first-order valence-corrected chi connectivity index (χ1v) is 4.84. The van der Waals surface area contributed by atoms with Crippen LogP contribution < -0.4 is 5.73 Å². The average Bonchev–Trinajstić information content (AvgIpc) is 2.58. The average molecular weight is 201 g/mol. The van der Waals surface area contributed by atoms with Gasteiger partial charge in [0.05, 0.1) is 5.60 Å². The van der Waals surface area contributed by atoms with Crippen molar-refractivity contribution in [3.05, 3.63) is 22.5 Å². The highest BCUT2D eigenvalue weighted by atomic mass is 35.5. The summed E-state index contributed by atoms with van der Waals surface area (Å²) in [7, 11) is 0. The number of aromatic nitrogens is 1. The van der Waals surface area contributed by atoms with Gasteiger partial charge >= 0.3 is 0 Å². The molecule has 0 spiro atoms. The molecule has 0 saturated heterocycles. The van der Waals surface area contributed by atoms with E-state index < -0.39 is 5.60 Å². The summed E-state index contributed by atoms with van der Waals surface area (Å²) in [6.45, 7) is 0.499. The summed E-state index contributed by atoms with van der Waals surface area (Å²) in [6.07, 6.45) is 3.98. The van der Waals surface area contributed by atoms with Crippen molar-refractivity contribution in [2.24, 2.45) is 5.73 Å². The number of nitrogens with two attached hydrogens (primary N) is 1. The molecule has 2 rings (SSSR count). The zero-order valence-electron chi connectivity index (χ0n) is 7.31. The quantitative estimate of drug-likeness (QED) is 0.671. The minimum atomic E-state index is -0.742. The van der Waals surface area contributed by atoms with Crippen molar-refractivity contribution >= 4 is 11.6 Å². The number of aliphatic hydroxyl groups is 1. The van der Waals surface area contributed by atoms with Crippen molar-refractivity contribution in [2.75, 3.05) is 6.54 Å². The van der Waals surface area contributed by atoms with Crippen LogP contribution in [0.5, 0.6) is 0 Å². The lowest BCUT2D eigenvalue weighted by atomic mass is 9.94. The largest absolute Gasteiger partial charge is 0.385 e. The summed E-state index contributed by atoms with van der Waals surface area (Å²) in [5.41, 5.74) is 6.70. The van der Waals surface area contributed by atoms with Gasteiger partial charge in [-0.3, -0.25) is 0 Å². The molecule has 0 aliphatic heterocycles. The van der Waals surface area contributed by atoms with E-state index in [4.69, 9.17) is 17.3 Å². The molecule has 4 N–H and O–H groups in total. The van der Waals surface area contributed by atoms with Crippen LogP contribution in [0, 0.1) is 0 Å². The van der Waals surface area contributed by atoms with Crippen molar-refractivity contribution in [2.45, 2.75) is 24.9 Å². The highest BCUT2D eigenvalue weighted by Gasteiger charge is 2.37. The Morgan fingerprint density at radius 3 is 3.15 bits per heavy atom. The van der Waals surface area contributed by atoms with Gasteiger partial charge in [0, 0.05) is 11.8 Å². The molecule has 1 unspecified atom stereocenters. The van der Waals surface area contributed by atoms with Crippen LogP contribution in [0.4, 0.5) is 0 Å². The van der Waals surface area contributed by atoms with Crippen molar-refractivity contribution < 1.29 is 5.11 Å². The lowest BCUT2D eigenvalue weighted by Gasteiger charge is -2.21. The van der Waals surface area contributed by atoms with Crippen LogP contribution in [0.25, 0.3) is 0 Å². The van der Waals surface area contributed by atoms with Crippen molar-refractivity contribution in [1.82, 2.24) is 4.98 Å². The van der Waals surface area contributed by atoms with Crippen molar-refractivity contribution in [3.63, 3.8) is 0 Å². The summed E-state index contributed by atoms with van der Waals surface area (Å²) in [5.74, 6) is 0. The van der Waals surface area contributed by atoms with E-state index >= 15 is 0 Å². The van der Waals surface area contributed by atoms with Gasteiger partial charge in [-0.15, -0.1) is 0 Å². The predicted octanol–water partition coefficient (Wildman–Crippen LogP) is 1.15. The van der Waals surface area contributed by atoms with Gasteiger partial charge in [-0.2, -0.15) is 0 Å². The number of H-pyrrole nitrogens is 1. The topological polar surface area (TPSA) is 62.0 Å². The molecule has 1 aromatic heterocycles. The zero-order valence-corrected chi connectivity index (χ0v) is 8.06. The first-order chi connectivity index (χ1) is 6.17. The van der Waals surface area contributed by atoms with Crippen LogP contribution >= 0.6 is 11.6 Å². The number of hydrogen-bond acceptors (Lipinski definition) is 2. The van der Waals surface area contributed by atoms with E-state index in [1.54, 1.807) is 6.20 Å². The van der Waals surface area contributed by atoms with Crippen LogP contribution in [-0.4, -0.2) is 16.6 Å². The number of rotatable bonds is 2. The van der Waals surface area contributed by atoms with Gasteiger partial charge in [0.1, 0.15) is 5.15 Å². The van der Waals surface area contributed by atoms with Crippen molar-refractivity contribution in [3.8, 4) is 0 Å². The third-order valence-corrected chi connectivity index (χ3v) is 3.12. The second-order valence-electron chi connectivity index (χ2n) is 3.57. The van der Waals surface area contributed by atoms with Gasteiger partial charge in [-0.25, -0.2) is 0 Å². The van der Waals surface area contributed by atoms with Crippen LogP contribution in [0.2, 0.25) is 5.15 Å². The SMILES string of the molecule is NCCC1(O)CCc2c1c[nH]c2Cl. The second kappa shape index (κ2) is 3.01. The zero-order chi connectivity index (χ0) is 9.47. The summed E-state index contributed by atoms with van der Waals surface area (Å²) < 4.78 is 0. The standard InChI is InChI=1S/C9H13ClN2O/c10-8-6-1-2-9(13,3-4-11)7(6)5-12-8/h5,12-13H,1-4,11H2. The Labute approximate surface area is 81.9 Å². The van der Waals surface area contributed by atoms with Gasteiger partial charge in [0.25, 0.3) is 0 Å². The maximum absolute atomic E-state index is 10.2. The van der Waals surface area contributed by atoms with Crippen LogP contribution in [-0.2, 0) is 12.0 Å². The number of halogens is 1. The molecule has 13 heavy (non-hydrogen) atoms. The Morgan fingerprint density at radius 1 is 1.69 bits per heavy atom. The molecule has 1 aromatic rings. The van der Waals surface area contributed by atoms with E-state index in [1.165, 1.54) is 0 Å². The van der Waals surface area contributed by atoms with E-state index in [-0.39, 0.29) is 0 Å². The molecule has 3 nitrogen and oxygen atoms in total. The predicted molar refractivity (Wildman–Crippen MR) is 51.7 cm³/mol. The molecule has 4 heteroatoms. The molecule has 0 radical (unpaired) electrons. The van der Waals surface area contributed by atoms with E-state index in [0.717, 1.165) is 24.0 Å². The molecule has 1 aliphatic carbocycles. The third-order valence-electron chi connectivity index (χ3n) is 2.78. The highest BCUT2D eigenvalue weighted by molar-refractivity contribution is 6.30. The molecule has 0 fully saturated rings. The maximum atomic E-state index is 10.2. The summed E-state index contributed by atoms with van der Waals surface area (Å²) in [6, 6.07) is 0. The van der Waals surface area contributed by atoms with Gasteiger partial charge in [-0.05, 0) is 31.4 Å². The molecule has 1 aliphatic rings. The fourth-order valence-electron chi connectivity index (χ4n) is 2.05. The van der Waals surface area contributed by atoms with Gasteiger partial charge in [-0.1, -0.05) is 11.6 Å². The molecule has 1 atom stereocenters. The summed E-state index contributed by atoms with van der Waals surface area (Å²) in [4.78, 5) is 2.92. The summed E-state index contributed by atoms with van der Waals surface area (Å²) >= 11 is 5.91. The maximum Gasteiger partial charge on any atom is 0.109 e. The first-order valence-electron chi connectivity index (χ1n) is 4.46. The monoisotopic (exact) mass is 200 g/mol. The van der Waals surface area contributed by atoms with E-state index in [9.17, 15) is 5.11 Å². The molecule has 0 bridgehead atoms. The Kier molecular flexibility index (Phi) is 2.10. The molecule has 0 aromatic carbocycles. The minimum absolute atomic E-state index is 0.499. The third kappa shape index (κ3) is 1.27. The highest BCUT2D eigenvalue weighted by Crippen LogP contribution is 2.41. The smallest absolute Gasteiger partial charge is 0.109 e. The van der Waals surface area contributed by atoms with Crippen LogP contribution in [0.1, 0.15) is 24.0 Å². The molecule has 0 amide bonds. The fourth-order valence-corrected chi connectivity index (χ4v) is 2.30. The Bertz CT molecular complexity index is 323. The van der Waals surface area contributed by atoms with Crippen LogP contribution in [0.15, 0.2) is 6.20 Å². The Balaban J connectivity index is 2.37. The second-order valence-corrected chi connectivity index (χ2v) is 3.94. The van der Waals surface area contributed by atoms with Gasteiger partial charge < -0.3 is 15.8 Å². The number of nitrogens with one attached hydrogen (secondary N) is 1. The molecule has 72 valence electrons. The minimum Gasteiger partial charge on any atom is -0.385 e. The first kappa shape index (κ1) is 9.06. The van der Waals surface area contributed by atoms with Gasteiger partial charge in [0.15, 0.2) is 0 Å². The lowest BCUT2D eigenvalue weighted by molar-refractivity contribution is 0.0319. The van der Waals surface area contributed by atoms with Gasteiger partial charge in [0.2, 0.25) is 0 Å². The molecule has 0 saturated carbocycles. The number of hydrogen-bond donors (Lipinski definition) is 3. The Morgan fingerprint density at radius 2 is 2.46 bits per heavy atom. The molecular formula is C9H13ClN2O. The number of aromatic amines is 1. The Hall–Kier alpha value is -0.510. The summed E-state index contributed by atoms with van der Waals surface area (Å²) in [5, 5.41) is 10.9. The van der Waals surface area contributed by atoms with E-state index in [0.29, 0.717) is 18.1 Å². The molecular weight excluding hydrogens is 188 g/mol.